The van der Waals surface area contributed by atoms with Crippen LogP contribution >= 0.6 is 0 Å². The average Bonchev–Trinajstić information content (AvgIpc) is 3.10. The molecule has 0 amide bonds. The smallest absolute Gasteiger partial charge is 0.203 e. The second-order valence-electron chi connectivity index (χ2n) is 6.38. The fourth-order valence-corrected chi connectivity index (χ4v) is 3.62. The molecule has 3 rings (SSSR count). The standard InChI is InChI=1S/C16H28N4/c1-14-13-20(15-7-3-2-4-8-15)16(18-14)17-9-12-19-10-5-6-11-19/h13,15H,2-12H2,1H3,(H,17,18). The third-order valence-corrected chi connectivity index (χ3v) is 4.73. The maximum Gasteiger partial charge on any atom is 0.203 e. The molecule has 1 aromatic heterocycles. The number of aryl methyl sites for hydroxylation is 1. The van der Waals surface area contributed by atoms with E-state index in [4.69, 9.17) is 0 Å². The number of imidazole rings is 1. The van der Waals surface area contributed by atoms with Gasteiger partial charge in [-0.3, -0.25) is 0 Å². The molecule has 4 heteroatoms. The molecule has 1 aliphatic carbocycles. The molecular formula is C16H28N4. The molecule has 0 atom stereocenters. The molecule has 0 spiro atoms. The lowest BCUT2D eigenvalue weighted by molar-refractivity contribution is 0.347. The highest BCUT2D eigenvalue weighted by molar-refractivity contribution is 5.29. The van der Waals surface area contributed by atoms with E-state index in [1.807, 2.05) is 0 Å². The fraction of sp³-hybridized carbons (Fsp3) is 0.812. The minimum Gasteiger partial charge on any atom is -0.354 e. The SMILES string of the molecule is Cc1cn(C2CCCCC2)c(NCCN2CCCC2)n1. The summed E-state index contributed by atoms with van der Waals surface area (Å²) < 4.78 is 2.40. The molecular weight excluding hydrogens is 248 g/mol. The largest absolute Gasteiger partial charge is 0.354 e. The summed E-state index contributed by atoms with van der Waals surface area (Å²) in [6.07, 6.45) is 11.7. The van der Waals surface area contributed by atoms with E-state index in [1.54, 1.807) is 0 Å². The van der Waals surface area contributed by atoms with E-state index in [0.717, 1.165) is 24.7 Å². The van der Waals surface area contributed by atoms with Crippen LogP contribution in [0.25, 0.3) is 0 Å². The van der Waals surface area contributed by atoms with Crippen LogP contribution in [-0.2, 0) is 0 Å². The van der Waals surface area contributed by atoms with Crippen molar-refractivity contribution in [1.29, 1.82) is 0 Å². The van der Waals surface area contributed by atoms with Crippen molar-refractivity contribution in [2.24, 2.45) is 0 Å². The molecule has 2 fully saturated rings. The van der Waals surface area contributed by atoms with Crippen LogP contribution in [-0.4, -0.2) is 40.6 Å². The molecule has 1 N–H and O–H groups in total. The minimum absolute atomic E-state index is 0.666. The van der Waals surface area contributed by atoms with Gasteiger partial charge in [-0.05, 0) is 45.7 Å². The first-order chi connectivity index (χ1) is 9.83. The number of aromatic nitrogens is 2. The molecule has 2 aliphatic rings. The summed E-state index contributed by atoms with van der Waals surface area (Å²) in [5, 5.41) is 3.57. The van der Waals surface area contributed by atoms with Crippen molar-refractivity contribution in [3.05, 3.63) is 11.9 Å². The molecule has 0 aromatic carbocycles. The van der Waals surface area contributed by atoms with Crippen LogP contribution in [0.1, 0.15) is 56.7 Å². The van der Waals surface area contributed by atoms with Crippen molar-refractivity contribution in [3.8, 4) is 0 Å². The van der Waals surface area contributed by atoms with Gasteiger partial charge in [0.1, 0.15) is 0 Å². The predicted octanol–water partition coefficient (Wildman–Crippen LogP) is 3.20. The summed E-state index contributed by atoms with van der Waals surface area (Å²) in [6.45, 7) is 6.82. The van der Waals surface area contributed by atoms with E-state index < -0.39 is 0 Å². The Hall–Kier alpha value is -1.03. The van der Waals surface area contributed by atoms with Crippen molar-refractivity contribution in [2.75, 3.05) is 31.5 Å². The quantitative estimate of drug-likeness (QED) is 0.896. The average molecular weight is 276 g/mol. The predicted molar refractivity (Wildman–Crippen MR) is 83.2 cm³/mol. The van der Waals surface area contributed by atoms with Gasteiger partial charge in [0.25, 0.3) is 0 Å². The number of rotatable bonds is 5. The summed E-state index contributed by atoms with van der Waals surface area (Å²) in [7, 11) is 0. The number of hydrogen-bond donors (Lipinski definition) is 1. The summed E-state index contributed by atoms with van der Waals surface area (Å²) in [5.74, 6) is 1.09. The van der Waals surface area contributed by atoms with Gasteiger partial charge in [-0.25, -0.2) is 4.98 Å². The second kappa shape index (κ2) is 6.61. The molecule has 0 radical (unpaired) electrons. The number of nitrogens with one attached hydrogen (secondary N) is 1. The highest BCUT2D eigenvalue weighted by Crippen LogP contribution is 2.30. The number of hydrogen-bond acceptors (Lipinski definition) is 3. The molecule has 1 saturated heterocycles. The Labute approximate surface area is 122 Å². The van der Waals surface area contributed by atoms with Crippen LogP contribution in [0, 0.1) is 6.92 Å². The number of nitrogens with zero attached hydrogens (tertiary/aromatic N) is 3. The normalized spacial score (nSPS) is 21.4. The fourth-order valence-electron chi connectivity index (χ4n) is 3.62. The Balaban J connectivity index is 1.57. The van der Waals surface area contributed by atoms with Crippen molar-refractivity contribution < 1.29 is 0 Å². The highest BCUT2D eigenvalue weighted by atomic mass is 15.2. The van der Waals surface area contributed by atoms with Crippen LogP contribution in [0.15, 0.2) is 6.20 Å². The zero-order valence-electron chi connectivity index (χ0n) is 12.8. The van der Waals surface area contributed by atoms with E-state index >= 15 is 0 Å². The van der Waals surface area contributed by atoms with Gasteiger partial charge in [-0.2, -0.15) is 0 Å². The van der Waals surface area contributed by atoms with Gasteiger partial charge in [-0.1, -0.05) is 19.3 Å². The Kier molecular flexibility index (Phi) is 4.61. The summed E-state index contributed by atoms with van der Waals surface area (Å²) in [4.78, 5) is 7.23. The van der Waals surface area contributed by atoms with E-state index in [9.17, 15) is 0 Å². The number of likely N-dealkylation sites (tertiary alicyclic amines) is 1. The first-order valence-electron chi connectivity index (χ1n) is 8.34. The lowest BCUT2D eigenvalue weighted by Gasteiger charge is -2.25. The van der Waals surface area contributed by atoms with Gasteiger partial charge in [0.15, 0.2) is 0 Å². The molecule has 4 nitrogen and oxygen atoms in total. The highest BCUT2D eigenvalue weighted by Gasteiger charge is 2.19. The van der Waals surface area contributed by atoms with Gasteiger partial charge < -0.3 is 14.8 Å². The van der Waals surface area contributed by atoms with Crippen molar-refractivity contribution >= 4 is 5.95 Å². The Morgan fingerprint density at radius 2 is 1.90 bits per heavy atom. The first-order valence-corrected chi connectivity index (χ1v) is 8.34. The molecule has 0 unspecified atom stereocenters. The lowest BCUT2D eigenvalue weighted by Crippen LogP contribution is -2.27. The Bertz CT molecular complexity index is 414. The minimum atomic E-state index is 0.666. The van der Waals surface area contributed by atoms with Crippen LogP contribution in [0.4, 0.5) is 5.95 Å². The van der Waals surface area contributed by atoms with Gasteiger partial charge in [0.2, 0.25) is 5.95 Å². The molecule has 20 heavy (non-hydrogen) atoms. The van der Waals surface area contributed by atoms with Gasteiger partial charge in [0, 0.05) is 25.3 Å². The zero-order chi connectivity index (χ0) is 13.8. The summed E-state index contributed by atoms with van der Waals surface area (Å²) in [5.41, 5.74) is 1.14. The summed E-state index contributed by atoms with van der Waals surface area (Å²) >= 11 is 0. The third kappa shape index (κ3) is 3.35. The number of anilines is 1. The monoisotopic (exact) mass is 276 g/mol. The van der Waals surface area contributed by atoms with Gasteiger partial charge in [-0.15, -0.1) is 0 Å². The van der Waals surface area contributed by atoms with Crippen LogP contribution in [0.5, 0.6) is 0 Å². The maximum absolute atomic E-state index is 4.68. The van der Waals surface area contributed by atoms with Crippen molar-refractivity contribution in [2.45, 2.75) is 57.9 Å². The van der Waals surface area contributed by atoms with E-state index in [1.165, 1.54) is 58.0 Å². The zero-order valence-corrected chi connectivity index (χ0v) is 12.8. The van der Waals surface area contributed by atoms with Gasteiger partial charge >= 0.3 is 0 Å². The van der Waals surface area contributed by atoms with Crippen molar-refractivity contribution in [1.82, 2.24) is 14.5 Å². The molecule has 2 heterocycles. The van der Waals surface area contributed by atoms with Crippen molar-refractivity contribution in [3.63, 3.8) is 0 Å². The Morgan fingerprint density at radius 1 is 1.15 bits per heavy atom. The van der Waals surface area contributed by atoms with E-state index in [2.05, 4.69) is 32.9 Å². The second-order valence-corrected chi connectivity index (χ2v) is 6.38. The maximum atomic E-state index is 4.68. The topological polar surface area (TPSA) is 33.1 Å². The lowest BCUT2D eigenvalue weighted by atomic mass is 9.95. The molecule has 1 saturated carbocycles. The van der Waals surface area contributed by atoms with Crippen LogP contribution < -0.4 is 5.32 Å². The van der Waals surface area contributed by atoms with E-state index in [0.29, 0.717) is 6.04 Å². The van der Waals surface area contributed by atoms with E-state index in [-0.39, 0.29) is 0 Å². The van der Waals surface area contributed by atoms with Gasteiger partial charge in [0.05, 0.1) is 5.69 Å². The molecule has 0 bridgehead atoms. The van der Waals surface area contributed by atoms with Crippen LogP contribution in [0.3, 0.4) is 0 Å². The van der Waals surface area contributed by atoms with Crippen LogP contribution in [0.2, 0.25) is 0 Å². The summed E-state index contributed by atoms with van der Waals surface area (Å²) in [6, 6.07) is 0.666. The molecule has 1 aliphatic heterocycles. The first kappa shape index (κ1) is 13.9. The Morgan fingerprint density at radius 3 is 2.65 bits per heavy atom. The molecule has 1 aromatic rings. The third-order valence-electron chi connectivity index (χ3n) is 4.73. The molecule has 112 valence electrons.